The van der Waals surface area contributed by atoms with Crippen LogP contribution in [0.5, 0.6) is 0 Å². The molecule has 0 aromatic heterocycles. The summed E-state index contributed by atoms with van der Waals surface area (Å²) in [4.78, 5) is 0. The lowest BCUT2D eigenvalue weighted by atomic mass is 9.43. The van der Waals surface area contributed by atoms with E-state index in [2.05, 4.69) is 61.5 Å². The first kappa shape index (κ1) is 23.6. The molecule has 0 radical (unpaired) electrons. The molecule has 1 heteroatoms. The van der Waals surface area contributed by atoms with Crippen LogP contribution < -0.4 is 0 Å². The first-order valence-corrected chi connectivity index (χ1v) is 13.4. The zero-order chi connectivity index (χ0) is 22.8. The molecule has 0 aromatic rings. The van der Waals surface area contributed by atoms with Crippen molar-refractivity contribution < 1.29 is 5.11 Å². The van der Waals surface area contributed by atoms with Crippen molar-refractivity contribution in [2.45, 2.75) is 126 Å². The van der Waals surface area contributed by atoms with Crippen molar-refractivity contribution in [1.82, 2.24) is 0 Å². The number of fused-ring (bicyclic) bond motifs is 4. The highest BCUT2D eigenvalue weighted by atomic mass is 16.3. The van der Waals surface area contributed by atoms with Crippen LogP contribution in [0.15, 0.2) is 22.8 Å². The monoisotopic (exact) mass is 426 g/mol. The van der Waals surface area contributed by atoms with Gasteiger partial charge in [-0.15, -0.1) is 0 Å². The summed E-state index contributed by atoms with van der Waals surface area (Å²) in [5, 5.41) is 10.8. The van der Waals surface area contributed by atoms with Gasteiger partial charge >= 0.3 is 0 Å². The molecular formula is C30H50O. The fourth-order valence-electron chi connectivity index (χ4n) is 9.47. The van der Waals surface area contributed by atoms with Gasteiger partial charge in [0.1, 0.15) is 0 Å². The summed E-state index contributed by atoms with van der Waals surface area (Å²) < 4.78 is 0. The van der Waals surface area contributed by atoms with Crippen LogP contribution in [0.2, 0.25) is 0 Å². The van der Waals surface area contributed by atoms with Gasteiger partial charge in [-0.25, -0.2) is 0 Å². The van der Waals surface area contributed by atoms with Crippen molar-refractivity contribution in [1.29, 1.82) is 0 Å². The first-order valence-electron chi connectivity index (χ1n) is 13.4. The summed E-state index contributed by atoms with van der Waals surface area (Å²) in [5.74, 6) is 2.32. The van der Waals surface area contributed by atoms with Gasteiger partial charge in [-0.05, 0) is 117 Å². The van der Waals surface area contributed by atoms with Crippen molar-refractivity contribution in [2.24, 2.45) is 39.4 Å². The Morgan fingerprint density at radius 2 is 1.68 bits per heavy atom. The summed E-state index contributed by atoms with van der Waals surface area (Å²) in [6.07, 6.45) is 15.2. The van der Waals surface area contributed by atoms with E-state index in [0.29, 0.717) is 22.2 Å². The average molecular weight is 427 g/mol. The largest absolute Gasteiger partial charge is 0.393 e. The molecule has 1 N–H and O–H groups in total. The Morgan fingerprint density at radius 1 is 0.968 bits per heavy atom. The lowest BCUT2D eigenvalue weighted by molar-refractivity contribution is -0.0962. The molecular weight excluding hydrogens is 376 g/mol. The number of allylic oxidation sites excluding steroid dienone is 4. The molecule has 0 unspecified atom stereocenters. The number of rotatable bonds is 4. The van der Waals surface area contributed by atoms with Crippen LogP contribution in [0.4, 0.5) is 0 Å². The van der Waals surface area contributed by atoms with Crippen LogP contribution in [-0.2, 0) is 0 Å². The number of aliphatic hydroxyl groups excluding tert-OH is 1. The van der Waals surface area contributed by atoms with Gasteiger partial charge in [-0.2, -0.15) is 0 Å². The third-order valence-electron chi connectivity index (χ3n) is 11.7. The third kappa shape index (κ3) is 3.34. The molecule has 4 aliphatic carbocycles. The first-order chi connectivity index (χ1) is 14.4. The van der Waals surface area contributed by atoms with Gasteiger partial charge in [-0.1, -0.05) is 64.3 Å². The lowest BCUT2D eigenvalue weighted by Gasteiger charge is -2.62. The Labute approximate surface area is 193 Å². The molecule has 0 bridgehead atoms. The van der Waals surface area contributed by atoms with E-state index in [9.17, 15) is 5.11 Å². The predicted octanol–water partition coefficient (Wildman–Crippen LogP) is 8.48. The van der Waals surface area contributed by atoms with E-state index in [0.717, 1.165) is 18.3 Å². The fraction of sp³-hybridized carbons (Fsp3) is 0.867. The Kier molecular flexibility index (Phi) is 5.90. The topological polar surface area (TPSA) is 20.2 Å². The van der Waals surface area contributed by atoms with Gasteiger partial charge in [0.15, 0.2) is 0 Å². The summed E-state index contributed by atoms with van der Waals surface area (Å²) in [5.41, 5.74) is 6.41. The number of aliphatic hydroxyl groups is 1. The summed E-state index contributed by atoms with van der Waals surface area (Å²) in [7, 11) is 0. The van der Waals surface area contributed by atoms with Crippen LogP contribution in [0.25, 0.3) is 0 Å². The highest BCUT2D eigenvalue weighted by Gasteiger charge is 2.63. The van der Waals surface area contributed by atoms with Gasteiger partial charge in [-0.3, -0.25) is 0 Å². The van der Waals surface area contributed by atoms with E-state index >= 15 is 0 Å². The summed E-state index contributed by atoms with van der Waals surface area (Å²) >= 11 is 0. The lowest BCUT2D eigenvalue weighted by Crippen LogP contribution is -2.55. The van der Waals surface area contributed by atoms with E-state index in [4.69, 9.17) is 0 Å². The van der Waals surface area contributed by atoms with E-state index in [-0.39, 0.29) is 11.5 Å². The van der Waals surface area contributed by atoms with E-state index in [1.54, 1.807) is 0 Å². The minimum atomic E-state index is -0.130. The van der Waals surface area contributed by atoms with E-state index < -0.39 is 0 Å². The van der Waals surface area contributed by atoms with Crippen LogP contribution in [-0.4, -0.2) is 11.2 Å². The molecule has 0 aromatic carbocycles. The van der Waals surface area contributed by atoms with Gasteiger partial charge < -0.3 is 5.11 Å². The van der Waals surface area contributed by atoms with Crippen molar-refractivity contribution in [2.75, 3.05) is 0 Å². The standard InChI is InChI=1S/C30H50O/c1-20(2)10-9-11-21(3)22-14-18-30(8)24-12-13-25-27(4,5)26(31)16-17-28(25,6)23(24)15-19-29(22,30)7/h10,21-22,25-26,31H,9,11-19H2,1-8H3/t21-,22-,25+,26-,28-,29-,30+/m1/s1. The van der Waals surface area contributed by atoms with Crippen molar-refractivity contribution in [3.63, 3.8) is 0 Å². The maximum absolute atomic E-state index is 10.8. The second kappa shape index (κ2) is 7.75. The number of hydrogen-bond donors (Lipinski definition) is 1. The molecule has 2 fully saturated rings. The molecule has 2 saturated carbocycles. The van der Waals surface area contributed by atoms with Gasteiger partial charge in [0, 0.05) is 0 Å². The molecule has 176 valence electrons. The third-order valence-corrected chi connectivity index (χ3v) is 11.7. The maximum atomic E-state index is 10.8. The molecule has 0 aliphatic heterocycles. The average Bonchev–Trinajstić information content (AvgIpc) is 2.96. The molecule has 0 amide bonds. The minimum absolute atomic E-state index is 0.0465. The quantitative estimate of drug-likeness (QED) is 0.447. The minimum Gasteiger partial charge on any atom is -0.393 e. The molecule has 0 heterocycles. The fourth-order valence-corrected chi connectivity index (χ4v) is 9.47. The normalized spacial score (nSPS) is 44.9. The molecule has 0 saturated heterocycles. The van der Waals surface area contributed by atoms with Crippen LogP contribution in [0, 0.1) is 39.4 Å². The predicted molar refractivity (Wildman–Crippen MR) is 133 cm³/mol. The smallest absolute Gasteiger partial charge is 0.0594 e. The van der Waals surface area contributed by atoms with Crippen molar-refractivity contribution in [3.05, 3.63) is 22.8 Å². The molecule has 0 spiro atoms. The zero-order valence-electron chi connectivity index (χ0n) is 21.9. The molecule has 4 rings (SSSR count). The van der Waals surface area contributed by atoms with Crippen LogP contribution in [0.1, 0.15) is 120 Å². The summed E-state index contributed by atoms with van der Waals surface area (Å²) in [6, 6.07) is 0. The molecule has 4 aliphatic rings. The highest BCUT2D eigenvalue weighted by Crippen LogP contribution is 2.72. The Morgan fingerprint density at radius 3 is 2.35 bits per heavy atom. The van der Waals surface area contributed by atoms with E-state index in [1.807, 2.05) is 11.1 Å². The molecule has 7 atom stereocenters. The van der Waals surface area contributed by atoms with Crippen molar-refractivity contribution >= 4 is 0 Å². The van der Waals surface area contributed by atoms with Crippen LogP contribution in [0.3, 0.4) is 0 Å². The van der Waals surface area contributed by atoms with Gasteiger partial charge in [0.2, 0.25) is 0 Å². The second-order valence-electron chi connectivity index (χ2n) is 13.6. The van der Waals surface area contributed by atoms with E-state index in [1.165, 1.54) is 63.4 Å². The van der Waals surface area contributed by atoms with Gasteiger partial charge in [0.05, 0.1) is 6.10 Å². The zero-order valence-corrected chi connectivity index (χ0v) is 21.9. The summed E-state index contributed by atoms with van der Waals surface area (Å²) in [6.45, 7) is 19.6. The Hall–Kier alpha value is -0.560. The molecule has 31 heavy (non-hydrogen) atoms. The highest BCUT2D eigenvalue weighted by molar-refractivity contribution is 5.38. The SMILES string of the molecule is CC(C)=CCC[C@@H](C)[C@H]1CC[C@@]2(C)C3=C(CC[C@]12C)[C@@]1(C)CC[C@@H](O)C(C)(C)[C@@H]1CC3. The number of hydrogen-bond acceptors (Lipinski definition) is 1. The van der Waals surface area contributed by atoms with Crippen LogP contribution >= 0.6 is 0 Å². The second-order valence-corrected chi connectivity index (χ2v) is 13.6. The Balaban J connectivity index is 1.65. The maximum Gasteiger partial charge on any atom is 0.0594 e. The molecule has 1 nitrogen and oxygen atoms in total. The van der Waals surface area contributed by atoms with Gasteiger partial charge in [0.25, 0.3) is 0 Å². The Bertz CT molecular complexity index is 767. The van der Waals surface area contributed by atoms with Crippen molar-refractivity contribution in [3.8, 4) is 0 Å².